The zero-order chi connectivity index (χ0) is 14.9. The molecule has 0 unspecified atom stereocenters. The van der Waals surface area contributed by atoms with Gasteiger partial charge in [0.15, 0.2) is 11.6 Å². The van der Waals surface area contributed by atoms with E-state index in [2.05, 4.69) is 0 Å². The number of nitrogens with zero attached hydrogens (tertiary/aromatic N) is 2. The van der Waals surface area contributed by atoms with Crippen LogP contribution in [0.1, 0.15) is 18.4 Å². The Kier molecular flexibility index (Phi) is 2.04. The molecular weight excluding hydrogens is 280 g/mol. The molecule has 1 aromatic heterocycles. The zero-order valence-electron chi connectivity index (χ0n) is 10.7. The van der Waals surface area contributed by atoms with Crippen LogP contribution >= 0.6 is 0 Å². The van der Waals surface area contributed by atoms with Crippen LogP contribution in [0.2, 0.25) is 0 Å². The van der Waals surface area contributed by atoms with E-state index in [1.54, 1.807) is 10.6 Å². The number of nitriles is 1. The van der Waals surface area contributed by atoms with Crippen LogP contribution < -0.4 is 15.9 Å². The molecule has 1 saturated carbocycles. The molecule has 5 nitrogen and oxygen atoms in total. The Morgan fingerprint density at radius 3 is 2.71 bits per heavy atom. The predicted octanol–water partition coefficient (Wildman–Crippen LogP) is 1.62. The number of anilines is 1. The molecule has 2 N–H and O–H groups in total. The molecule has 2 heterocycles. The first-order valence-electron chi connectivity index (χ1n) is 6.39. The summed E-state index contributed by atoms with van der Waals surface area (Å²) in [7, 11) is 0. The molecule has 1 fully saturated rings. The third kappa shape index (κ3) is 1.29. The van der Waals surface area contributed by atoms with Crippen molar-refractivity contribution in [3.63, 3.8) is 0 Å². The van der Waals surface area contributed by atoms with Crippen molar-refractivity contribution in [1.29, 1.82) is 5.26 Å². The summed E-state index contributed by atoms with van der Waals surface area (Å²) in [5.74, 6) is -2.83. The van der Waals surface area contributed by atoms with Crippen LogP contribution in [0, 0.1) is 23.0 Å². The van der Waals surface area contributed by atoms with Gasteiger partial charge in [-0.05, 0) is 12.8 Å². The fourth-order valence-electron chi connectivity index (χ4n) is 2.91. The van der Waals surface area contributed by atoms with Gasteiger partial charge in [0.25, 0.3) is 0 Å². The number of rotatable bonds is 0. The molecule has 1 spiro atoms. The van der Waals surface area contributed by atoms with Crippen LogP contribution in [0.4, 0.5) is 14.5 Å². The SMILES string of the molecule is N#Cc1cn2c3c(c(F)c(F)c(N)c3c1=O)OCC21CC1. The Balaban J connectivity index is 2.31. The lowest BCUT2D eigenvalue weighted by atomic mass is 10.0. The quantitative estimate of drug-likeness (QED) is 0.747. The fourth-order valence-corrected chi connectivity index (χ4v) is 2.91. The number of hydrogen-bond acceptors (Lipinski definition) is 4. The number of nitrogen functional groups attached to an aromatic ring is 1. The van der Waals surface area contributed by atoms with E-state index >= 15 is 0 Å². The number of nitrogens with two attached hydrogens (primary N) is 1. The van der Waals surface area contributed by atoms with Crippen LogP contribution in [0.25, 0.3) is 10.9 Å². The molecule has 2 aromatic rings. The molecule has 106 valence electrons. The highest BCUT2D eigenvalue weighted by molar-refractivity contribution is 5.96. The van der Waals surface area contributed by atoms with Gasteiger partial charge in [-0.25, -0.2) is 4.39 Å². The number of halogens is 2. The molecule has 0 bridgehead atoms. The Bertz CT molecular complexity index is 923. The van der Waals surface area contributed by atoms with Crippen molar-refractivity contribution in [2.75, 3.05) is 12.3 Å². The van der Waals surface area contributed by atoms with E-state index in [0.717, 1.165) is 12.8 Å². The smallest absolute Gasteiger partial charge is 0.209 e. The molecule has 0 atom stereocenters. The second-order valence-corrected chi connectivity index (χ2v) is 5.46. The van der Waals surface area contributed by atoms with E-state index in [9.17, 15) is 13.6 Å². The van der Waals surface area contributed by atoms with Crippen molar-refractivity contribution in [3.8, 4) is 11.8 Å². The summed E-state index contributed by atoms with van der Waals surface area (Å²) in [5, 5.41) is 8.90. The van der Waals surface area contributed by atoms with Crippen molar-refractivity contribution >= 4 is 16.6 Å². The molecule has 1 aliphatic carbocycles. The lowest BCUT2D eigenvalue weighted by molar-refractivity contribution is 0.209. The third-order valence-corrected chi connectivity index (χ3v) is 4.26. The minimum absolute atomic E-state index is 0.138. The van der Waals surface area contributed by atoms with Gasteiger partial charge in [-0.2, -0.15) is 9.65 Å². The van der Waals surface area contributed by atoms with E-state index in [0.29, 0.717) is 0 Å². The van der Waals surface area contributed by atoms with Gasteiger partial charge in [0.05, 0.1) is 16.6 Å². The van der Waals surface area contributed by atoms with Gasteiger partial charge in [-0.1, -0.05) is 0 Å². The number of fused-ring (bicyclic) bond motifs is 1. The maximum Gasteiger partial charge on any atom is 0.209 e. The number of hydrogen-bond donors (Lipinski definition) is 1. The van der Waals surface area contributed by atoms with Crippen molar-refractivity contribution in [1.82, 2.24) is 4.57 Å². The van der Waals surface area contributed by atoms with Crippen molar-refractivity contribution in [2.24, 2.45) is 0 Å². The zero-order valence-corrected chi connectivity index (χ0v) is 10.7. The average Bonchev–Trinajstić information content (AvgIpc) is 3.24. The van der Waals surface area contributed by atoms with Gasteiger partial charge in [0.1, 0.15) is 23.8 Å². The third-order valence-electron chi connectivity index (χ3n) is 4.26. The van der Waals surface area contributed by atoms with Crippen LogP contribution in [0.3, 0.4) is 0 Å². The lowest BCUT2D eigenvalue weighted by Crippen LogP contribution is -2.33. The molecule has 21 heavy (non-hydrogen) atoms. The largest absolute Gasteiger partial charge is 0.486 e. The average molecular weight is 289 g/mol. The summed E-state index contributed by atoms with van der Waals surface area (Å²) in [6, 6.07) is 1.79. The predicted molar refractivity (Wildman–Crippen MR) is 70.0 cm³/mol. The molecule has 1 aliphatic heterocycles. The summed E-state index contributed by atoms with van der Waals surface area (Å²) < 4.78 is 34.9. The summed E-state index contributed by atoms with van der Waals surface area (Å²) in [4.78, 5) is 12.3. The highest BCUT2D eigenvalue weighted by Crippen LogP contribution is 2.50. The maximum absolute atomic E-state index is 14.0. The van der Waals surface area contributed by atoms with Gasteiger partial charge < -0.3 is 15.0 Å². The Labute approximate surface area is 117 Å². The molecule has 1 aromatic carbocycles. The first kappa shape index (κ1) is 12.1. The van der Waals surface area contributed by atoms with Crippen LogP contribution in [-0.2, 0) is 5.54 Å². The minimum Gasteiger partial charge on any atom is -0.486 e. The lowest BCUT2D eigenvalue weighted by Gasteiger charge is -2.29. The van der Waals surface area contributed by atoms with E-state index in [-0.39, 0.29) is 34.4 Å². The molecule has 0 radical (unpaired) electrons. The van der Waals surface area contributed by atoms with Crippen molar-refractivity contribution in [3.05, 3.63) is 33.6 Å². The molecule has 2 aliphatic rings. The van der Waals surface area contributed by atoms with Gasteiger partial charge in [-0.3, -0.25) is 4.79 Å². The Morgan fingerprint density at radius 1 is 1.38 bits per heavy atom. The van der Waals surface area contributed by atoms with Crippen molar-refractivity contribution in [2.45, 2.75) is 18.4 Å². The highest BCUT2D eigenvalue weighted by atomic mass is 19.2. The van der Waals surface area contributed by atoms with E-state index in [4.69, 9.17) is 15.7 Å². The summed E-state index contributed by atoms with van der Waals surface area (Å²) in [5.41, 5.74) is 3.90. The van der Waals surface area contributed by atoms with E-state index in [1.807, 2.05) is 0 Å². The van der Waals surface area contributed by atoms with Gasteiger partial charge >= 0.3 is 0 Å². The topological polar surface area (TPSA) is 81.0 Å². The van der Waals surface area contributed by atoms with Gasteiger partial charge in [0, 0.05) is 6.20 Å². The normalized spacial score (nSPS) is 17.6. The Morgan fingerprint density at radius 2 is 2.10 bits per heavy atom. The molecular formula is C14H9F2N3O2. The number of aromatic nitrogens is 1. The first-order chi connectivity index (χ1) is 10.00. The number of benzene rings is 1. The second-order valence-electron chi connectivity index (χ2n) is 5.46. The fraction of sp³-hybridized carbons (Fsp3) is 0.286. The Hall–Kier alpha value is -2.62. The molecule has 4 rings (SSSR count). The summed E-state index contributed by atoms with van der Waals surface area (Å²) in [6.45, 7) is 0.184. The van der Waals surface area contributed by atoms with Crippen LogP contribution in [0.15, 0.2) is 11.0 Å². The molecule has 0 amide bonds. The summed E-state index contributed by atoms with van der Waals surface area (Å²) >= 11 is 0. The number of ether oxygens (including phenoxy) is 1. The minimum atomic E-state index is -1.32. The maximum atomic E-state index is 14.0. The second kappa shape index (κ2) is 3.52. The van der Waals surface area contributed by atoms with Crippen molar-refractivity contribution < 1.29 is 13.5 Å². The number of pyridine rings is 1. The van der Waals surface area contributed by atoms with Gasteiger partial charge in [-0.15, -0.1) is 0 Å². The molecule has 7 heteroatoms. The van der Waals surface area contributed by atoms with Crippen LogP contribution in [-0.4, -0.2) is 11.2 Å². The van der Waals surface area contributed by atoms with E-state index in [1.165, 1.54) is 6.20 Å². The van der Waals surface area contributed by atoms with E-state index < -0.39 is 22.8 Å². The molecule has 0 saturated heterocycles. The monoisotopic (exact) mass is 289 g/mol. The standard InChI is InChI=1S/C14H9F2N3O2/c15-8-9(16)13-11-7(10(8)18)12(20)6(3-17)4-19(11)14(1-2-14)5-21-13/h4H,1-2,5,18H2. The highest BCUT2D eigenvalue weighted by Gasteiger charge is 2.49. The first-order valence-corrected chi connectivity index (χ1v) is 6.39. The summed E-state index contributed by atoms with van der Waals surface area (Å²) in [6.07, 6.45) is 2.96. The van der Waals surface area contributed by atoms with Gasteiger partial charge in [0.2, 0.25) is 11.2 Å². The van der Waals surface area contributed by atoms with Crippen LogP contribution in [0.5, 0.6) is 5.75 Å².